The maximum atomic E-state index is 6.31. The van der Waals surface area contributed by atoms with Crippen LogP contribution in [-0.2, 0) is 0 Å². The number of para-hydroxylation sites is 5. The highest BCUT2D eigenvalue weighted by Gasteiger charge is 2.19. The van der Waals surface area contributed by atoms with Gasteiger partial charge in [0.1, 0.15) is 11.2 Å². The molecule has 0 aliphatic carbocycles. The molecule has 55 heavy (non-hydrogen) atoms. The van der Waals surface area contributed by atoms with Crippen LogP contribution in [0.2, 0.25) is 0 Å². The second kappa shape index (κ2) is 11.5. The highest BCUT2D eigenvalue weighted by molar-refractivity contribution is 6.13. The van der Waals surface area contributed by atoms with Crippen LogP contribution in [0.15, 0.2) is 186 Å². The molecule has 0 atom stereocenters. The van der Waals surface area contributed by atoms with Crippen molar-refractivity contribution >= 4 is 76.5 Å². The van der Waals surface area contributed by atoms with Gasteiger partial charge in [0.25, 0.3) is 0 Å². The third kappa shape index (κ3) is 4.47. The van der Waals surface area contributed by atoms with Crippen LogP contribution in [0.1, 0.15) is 0 Å². The molecule has 256 valence electrons. The summed E-state index contributed by atoms with van der Waals surface area (Å²) >= 11 is 0. The molecule has 8 aromatic carbocycles. The van der Waals surface area contributed by atoms with Gasteiger partial charge in [-0.15, -0.1) is 0 Å². The van der Waals surface area contributed by atoms with Crippen molar-refractivity contribution in [1.29, 1.82) is 0 Å². The molecule has 12 aromatic rings. The van der Waals surface area contributed by atoms with Crippen molar-refractivity contribution in [3.05, 3.63) is 182 Å². The van der Waals surface area contributed by atoms with Crippen LogP contribution in [0.3, 0.4) is 0 Å². The van der Waals surface area contributed by atoms with Crippen molar-refractivity contribution in [3.63, 3.8) is 0 Å². The van der Waals surface area contributed by atoms with Gasteiger partial charge in [-0.3, -0.25) is 4.57 Å². The number of benzene rings is 8. The van der Waals surface area contributed by atoms with E-state index in [2.05, 4.69) is 167 Å². The molecule has 0 spiro atoms. The van der Waals surface area contributed by atoms with E-state index < -0.39 is 0 Å². The Labute approximate surface area is 315 Å². The number of hydrogen-bond acceptors (Lipinski definition) is 3. The largest absolute Gasteiger partial charge is 0.456 e. The fraction of sp³-hybridized carbons (Fsp3) is 0. The van der Waals surface area contributed by atoms with Gasteiger partial charge in [0.2, 0.25) is 5.95 Å². The van der Waals surface area contributed by atoms with E-state index >= 15 is 0 Å². The first-order chi connectivity index (χ1) is 27.3. The number of nitrogens with zero attached hydrogens (tertiary/aromatic N) is 4. The minimum atomic E-state index is 0.632. The fourth-order valence-corrected chi connectivity index (χ4v) is 8.63. The van der Waals surface area contributed by atoms with Gasteiger partial charge in [0.05, 0.1) is 33.3 Å². The van der Waals surface area contributed by atoms with Crippen molar-refractivity contribution in [2.75, 3.05) is 0 Å². The Kier molecular flexibility index (Phi) is 6.27. The average molecular weight is 703 g/mol. The smallest absolute Gasteiger partial charge is 0.235 e. The summed E-state index contributed by atoms with van der Waals surface area (Å²) in [6.07, 6.45) is 0. The van der Waals surface area contributed by atoms with Crippen molar-refractivity contribution in [2.24, 2.45) is 0 Å². The first-order valence-corrected chi connectivity index (χ1v) is 18.6. The fourth-order valence-electron chi connectivity index (χ4n) is 8.63. The third-order valence-corrected chi connectivity index (χ3v) is 11.1. The van der Waals surface area contributed by atoms with Crippen LogP contribution in [0.25, 0.3) is 110 Å². The predicted molar refractivity (Wildman–Crippen MR) is 226 cm³/mol. The summed E-state index contributed by atoms with van der Waals surface area (Å²) in [6.45, 7) is 0. The highest BCUT2D eigenvalue weighted by Crippen LogP contribution is 2.39. The lowest BCUT2D eigenvalue weighted by atomic mass is 10.0. The Morgan fingerprint density at radius 2 is 0.891 bits per heavy atom. The lowest BCUT2D eigenvalue weighted by Crippen LogP contribution is -2.03. The lowest BCUT2D eigenvalue weighted by molar-refractivity contribution is 0.669. The van der Waals surface area contributed by atoms with Crippen LogP contribution in [0, 0.1) is 0 Å². The third-order valence-electron chi connectivity index (χ3n) is 11.1. The van der Waals surface area contributed by atoms with Gasteiger partial charge < -0.3 is 8.98 Å². The van der Waals surface area contributed by atoms with E-state index in [9.17, 15) is 0 Å². The minimum absolute atomic E-state index is 0.632. The maximum absolute atomic E-state index is 6.31. The minimum Gasteiger partial charge on any atom is -0.456 e. The predicted octanol–water partition coefficient (Wildman–Crippen LogP) is 13.1. The standard InChI is InChI=1S/C50H30N4O/c1-2-12-34(13-3-1)53-43-19-9-5-14-35(43)40-28-31(23-26-45(40)53)32-24-27-46-41(29-32)36-15-6-10-20-44(36)54(46)50-51-42-18-8-4-17-39(42)49(52-50)33-22-25-38-37-16-7-11-21-47(37)55-48(38)30-33/h1-30H. The molecule has 4 aromatic heterocycles. The SMILES string of the molecule is c1ccc(-n2c3ccccc3c3cc(-c4ccc5c(c4)c4ccccc4n5-c4nc(-c5ccc6c(c5)oc5ccccc56)c5ccccc5n4)ccc32)cc1. The van der Waals surface area contributed by atoms with E-state index in [4.69, 9.17) is 14.4 Å². The number of aromatic nitrogens is 4. The molecule has 0 bridgehead atoms. The molecule has 0 aliphatic heterocycles. The second-order valence-corrected chi connectivity index (χ2v) is 14.2. The molecule has 0 saturated carbocycles. The molecule has 5 nitrogen and oxygen atoms in total. The molecule has 0 amide bonds. The zero-order valence-corrected chi connectivity index (χ0v) is 29.5. The van der Waals surface area contributed by atoms with Gasteiger partial charge >= 0.3 is 0 Å². The monoisotopic (exact) mass is 702 g/mol. The second-order valence-electron chi connectivity index (χ2n) is 14.2. The molecule has 12 rings (SSSR count). The number of furan rings is 1. The zero-order valence-electron chi connectivity index (χ0n) is 29.5. The Balaban J connectivity index is 1.04. The molecular formula is C50H30N4O. The van der Waals surface area contributed by atoms with Crippen molar-refractivity contribution in [1.82, 2.24) is 19.1 Å². The summed E-state index contributed by atoms with van der Waals surface area (Å²) in [5.74, 6) is 0.632. The normalized spacial score (nSPS) is 12.0. The molecule has 0 N–H and O–H groups in total. The van der Waals surface area contributed by atoms with Crippen LogP contribution >= 0.6 is 0 Å². The quantitative estimate of drug-likeness (QED) is 0.183. The summed E-state index contributed by atoms with van der Waals surface area (Å²) in [5.41, 5.74) is 12.5. The van der Waals surface area contributed by atoms with Gasteiger partial charge in [-0.2, -0.15) is 0 Å². The van der Waals surface area contributed by atoms with Gasteiger partial charge in [-0.05, 0) is 83.9 Å². The van der Waals surface area contributed by atoms with Crippen LogP contribution < -0.4 is 0 Å². The molecule has 0 fully saturated rings. The zero-order chi connectivity index (χ0) is 36.0. The Morgan fingerprint density at radius 1 is 0.345 bits per heavy atom. The first kappa shape index (κ1) is 30.0. The molecule has 5 heteroatoms. The van der Waals surface area contributed by atoms with Crippen LogP contribution in [0.4, 0.5) is 0 Å². The number of rotatable bonds is 4. The van der Waals surface area contributed by atoms with E-state index in [0.29, 0.717) is 5.95 Å². The van der Waals surface area contributed by atoms with E-state index in [1.807, 2.05) is 24.3 Å². The van der Waals surface area contributed by atoms with E-state index in [1.54, 1.807) is 0 Å². The van der Waals surface area contributed by atoms with E-state index in [1.165, 1.54) is 27.4 Å². The van der Waals surface area contributed by atoms with Crippen LogP contribution in [-0.4, -0.2) is 19.1 Å². The molecule has 0 aliphatic rings. The number of hydrogen-bond donors (Lipinski definition) is 0. The molecule has 0 saturated heterocycles. The summed E-state index contributed by atoms with van der Waals surface area (Å²) in [7, 11) is 0. The van der Waals surface area contributed by atoms with Crippen molar-refractivity contribution in [2.45, 2.75) is 0 Å². The highest BCUT2D eigenvalue weighted by atomic mass is 16.3. The molecule has 0 unspecified atom stereocenters. The van der Waals surface area contributed by atoms with Crippen molar-refractivity contribution in [3.8, 4) is 34.0 Å². The van der Waals surface area contributed by atoms with Gasteiger partial charge in [0, 0.05) is 49.0 Å². The van der Waals surface area contributed by atoms with Gasteiger partial charge in [0.15, 0.2) is 0 Å². The van der Waals surface area contributed by atoms with Crippen molar-refractivity contribution < 1.29 is 4.42 Å². The summed E-state index contributed by atoms with van der Waals surface area (Å²) < 4.78 is 10.9. The summed E-state index contributed by atoms with van der Waals surface area (Å²) in [4.78, 5) is 10.6. The summed E-state index contributed by atoms with van der Waals surface area (Å²) in [6, 6.07) is 64.3. The molecule has 4 heterocycles. The Bertz CT molecular complexity index is 3500. The molecule has 0 radical (unpaired) electrons. The average Bonchev–Trinajstić information content (AvgIpc) is 3.90. The number of fused-ring (bicyclic) bond motifs is 10. The maximum Gasteiger partial charge on any atom is 0.235 e. The van der Waals surface area contributed by atoms with E-state index in [-0.39, 0.29) is 0 Å². The summed E-state index contributed by atoms with van der Waals surface area (Å²) in [5, 5.41) is 7.99. The first-order valence-electron chi connectivity index (χ1n) is 18.6. The molecular weight excluding hydrogens is 673 g/mol. The van der Waals surface area contributed by atoms with Gasteiger partial charge in [-0.1, -0.05) is 109 Å². The lowest BCUT2D eigenvalue weighted by Gasteiger charge is -2.12. The Morgan fingerprint density at radius 3 is 1.64 bits per heavy atom. The topological polar surface area (TPSA) is 48.8 Å². The van der Waals surface area contributed by atoms with Gasteiger partial charge in [-0.25, -0.2) is 9.97 Å². The Hall–Kier alpha value is -7.50. The van der Waals surface area contributed by atoms with Crippen LogP contribution in [0.5, 0.6) is 0 Å². The van der Waals surface area contributed by atoms with E-state index in [0.717, 1.165) is 77.2 Å².